The van der Waals surface area contributed by atoms with Gasteiger partial charge in [-0.1, -0.05) is 6.07 Å². The molecule has 7 heteroatoms. The SMILES string of the molecule is Brc1cnn(CN2CCC(c3nnc4ccccn34)CC2)c1. The Morgan fingerprint density at radius 3 is 2.82 bits per heavy atom. The van der Waals surface area contributed by atoms with Crippen LogP contribution >= 0.6 is 15.9 Å². The largest absolute Gasteiger partial charge is 0.286 e. The van der Waals surface area contributed by atoms with E-state index in [-0.39, 0.29) is 0 Å². The van der Waals surface area contributed by atoms with Gasteiger partial charge in [-0.3, -0.25) is 14.0 Å². The fourth-order valence-corrected chi connectivity index (χ4v) is 3.42. The number of piperidine rings is 1. The second-order valence-corrected chi connectivity index (χ2v) is 6.63. The van der Waals surface area contributed by atoms with Crippen LogP contribution in [-0.4, -0.2) is 42.4 Å². The maximum absolute atomic E-state index is 4.40. The first-order valence-electron chi connectivity index (χ1n) is 7.49. The van der Waals surface area contributed by atoms with Gasteiger partial charge in [0.25, 0.3) is 0 Å². The Balaban J connectivity index is 1.43. The van der Waals surface area contributed by atoms with Crippen LogP contribution in [0.25, 0.3) is 5.65 Å². The van der Waals surface area contributed by atoms with Crippen LogP contribution in [0.15, 0.2) is 41.3 Å². The number of fused-ring (bicyclic) bond motifs is 1. The van der Waals surface area contributed by atoms with E-state index in [9.17, 15) is 0 Å². The maximum atomic E-state index is 4.40. The second kappa shape index (κ2) is 5.81. The van der Waals surface area contributed by atoms with Crippen molar-refractivity contribution in [1.29, 1.82) is 0 Å². The summed E-state index contributed by atoms with van der Waals surface area (Å²) in [6.07, 6.45) is 8.11. The molecule has 0 spiro atoms. The molecule has 4 rings (SSSR count). The Morgan fingerprint density at radius 2 is 2.05 bits per heavy atom. The first-order valence-corrected chi connectivity index (χ1v) is 8.29. The zero-order valence-electron chi connectivity index (χ0n) is 12.1. The highest BCUT2D eigenvalue weighted by Crippen LogP contribution is 2.27. The standard InChI is InChI=1S/C15H17BrN6/c16-13-9-17-21(10-13)11-20-7-4-12(5-8-20)15-19-18-14-3-1-2-6-22(14)15/h1-3,6,9-10,12H,4-5,7-8,11H2. The molecule has 1 saturated heterocycles. The summed E-state index contributed by atoms with van der Waals surface area (Å²) in [5.74, 6) is 1.58. The summed E-state index contributed by atoms with van der Waals surface area (Å²) in [5.41, 5.74) is 0.932. The van der Waals surface area contributed by atoms with E-state index in [1.54, 1.807) is 0 Å². The van der Waals surface area contributed by atoms with Crippen molar-refractivity contribution in [2.45, 2.75) is 25.4 Å². The van der Waals surface area contributed by atoms with E-state index < -0.39 is 0 Å². The van der Waals surface area contributed by atoms with Crippen LogP contribution in [-0.2, 0) is 6.67 Å². The highest BCUT2D eigenvalue weighted by molar-refractivity contribution is 9.10. The zero-order valence-corrected chi connectivity index (χ0v) is 13.7. The Bertz CT molecular complexity index is 771. The molecule has 114 valence electrons. The third kappa shape index (κ3) is 2.66. The molecule has 1 aliphatic rings. The van der Waals surface area contributed by atoms with Gasteiger partial charge in [0, 0.05) is 31.4 Å². The summed E-state index contributed by atoms with van der Waals surface area (Å²) in [6.45, 7) is 2.96. The van der Waals surface area contributed by atoms with Gasteiger partial charge in [-0.05, 0) is 40.9 Å². The molecule has 1 aliphatic heterocycles. The number of rotatable bonds is 3. The quantitative estimate of drug-likeness (QED) is 0.720. The second-order valence-electron chi connectivity index (χ2n) is 5.72. The Morgan fingerprint density at radius 1 is 1.18 bits per heavy atom. The third-order valence-electron chi connectivity index (χ3n) is 4.24. The van der Waals surface area contributed by atoms with Crippen LogP contribution < -0.4 is 0 Å². The molecule has 0 aliphatic carbocycles. The van der Waals surface area contributed by atoms with Crippen molar-refractivity contribution in [2.75, 3.05) is 13.1 Å². The van der Waals surface area contributed by atoms with Crippen molar-refractivity contribution in [1.82, 2.24) is 29.3 Å². The van der Waals surface area contributed by atoms with Crippen molar-refractivity contribution in [2.24, 2.45) is 0 Å². The van der Waals surface area contributed by atoms with E-state index >= 15 is 0 Å². The first-order chi connectivity index (χ1) is 10.8. The van der Waals surface area contributed by atoms with Crippen molar-refractivity contribution in [3.63, 3.8) is 0 Å². The molecular weight excluding hydrogens is 344 g/mol. The van der Waals surface area contributed by atoms with Crippen molar-refractivity contribution in [3.8, 4) is 0 Å². The molecule has 0 bridgehead atoms. The van der Waals surface area contributed by atoms with E-state index in [1.807, 2.05) is 35.3 Å². The van der Waals surface area contributed by atoms with Crippen molar-refractivity contribution >= 4 is 21.6 Å². The molecule has 0 atom stereocenters. The number of nitrogens with zero attached hydrogens (tertiary/aromatic N) is 6. The third-order valence-corrected chi connectivity index (χ3v) is 4.65. The van der Waals surface area contributed by atoms with E-state index in [1.165, 1.54) is 0 Å². The Kier molecular flexibility index (Phi) is 3.67. The summed E-state index contributed by atoms with van der Waals surface area (Å²) in [5, 5.41) is 13.0. The number of hydrogen-bond acceptors (Lipinski definition) is 4. The summed E-state index contributed by atoms with van der Waals surface area (Å²) in [6, 6.07) is 6.03. The molecule has 6 nitrogen and oxygen atoms in total. The maximum Gasteiger partial charge on any atom is 0.160 e. The molecular formula is C15H17BrN6. The summed E-state index contributed by atoms with van der Waals surface area (Å²) >= 11 is 3.44. The van der Waals surface area contributed by atoms with Gasteiger partial charge in [0.1, 0.15) is 5.82 Å². The minimum atomic E-state index is 0.484. The van der Waals surface area contributed by atoms with Gasteiger partial charge in [-0.25, -0.2) is 0 Å². The van der Waals surface area contributed by atoms with Crippen LogP contribution in [0.1, 0.15) is 24.6 Å². The molecule has 3 aromatic heterocycles. The number of likely N-dealkylation sites (tertiary alicyclic amines) is 1. The van der Waals surface area contributed by atoms with Crippen LogP contribution in [0, 0.1) is 0 Å². The smallest absolute Gasteiger partial charge is 0.160 e. The lowest BCUT2D eigenvalue weighted by Gasteiger charge is -2.30. The zero-order chi connectivity index (χ0) is 14.9. The predicted molar refractivity (Wildman–Crippen MR) is 86.5 cm³/mol. The fraction of sp³-hybridized carbons (Fsp3) is 0.400. The number of hydrogen-bond donors (Lipinski definition) is 0. The normalized spacial score (nSPS) is 17.3. The first kappa shape index (κ1) is 13.9. The van der Waals surface area contributed by atoms with Gasteiger partial charge < -0.3 is 0 Å². The Labute approximate surface area is 136 Å². The fourth-order valence-electron chi connectivity index (χ4n) is 3.09. The van der Waals surface area contributed by atoms with Gasteiger partial charge in [0.2, 0.25) is 0 Å². The lowest BCUT2D eigenvalue weighted by atomic mass is 9.96. The van der Waals surface area contributed by atoms with E-state index in [0.717, 1.165) is 48.5 Å². The highest BCUT2D eigenvalue weighted by atomic mass is 79.9. The van der Waals surface area contributed by atoms with E-state index in [2.05, 4.69) is 46.7 Å². The molecule has 0 saturated carbocycles. The highest BCUT2D eigenvalue weighted by Gasteiger charge is 2.24. The van der Waals surface area contributed by atoms with Crippen molar-refractivity contribution < 1.29 is 0 Å². The van der Waals surface area contributed by atoms with E-state index in [4.69, 9.17) is 0 Å². The molecule has 0 N–H and O–H groups in total. The lowest BCUT2D eigenvalue weighted by Crippen LogP contribution is -2.35. The predicted octanol–water partition coefficient (Wildman–Crippen LogP) is 2.53. The Hall–Kier alpha value is -1.73. The van der Waals surface area contributed by atoms with Gasteiger partial charge in [-0.15, -0.1) is 10.2 Å². The van der Waals surface area contributed by atoms with Gasteiger partial charge in [0.05, 0.1) is 17.3 Å². The minimum absolute atomic E-state index is 0.484. The molecule has 22 heavy (non-hydrogen) atoms. The monoisotopic (exact) mass is 360 g/mol. The average molecular weight is 361 g/mol. The van der Waals surface area contributed by atoms with E-state index in [0.29, 0.717) is 5.92 Å². The average Bonchev–Trinajstić information content (AvgIpc) is 3.14. The van der Waals surface area contributed by atoms with Crippen molar-refractivity contribution in [3.05, 3.63) is 47.1 Å². The van der Waals surface area contributed by atoms with Gasteiger partial charge in [-0.2, -0.15) is 5.10 Å². The molecule has 3 aromatic rings. The van der Waals surface area contributed by atoms with Crippen LogP contribution in [0.3, 0.4) is 0 Å². The number of halogens is 1. The topological polar surface area (TPSA) is 51.2 Å². The molecule has 0 aromatic carbocycles. The van der Waals surface area contributed by atoms with Crippen LogP contribution in [0.2, 0.25) is 0 Å². The number of pyridine rings is 1. The number of aromatic nitrogens is 5. The summed E-state index contributed by atoms with van der Waals surface area (Å²) in [7, 11) is 0. The lowest BCUT2D eigenvalue weighted by molar-refractivity contribution is 0.159. The molecule has 0 radical (unpaired) electrons. The molecule has 0 unspecified atom stereocenters. The summed E-state index contributed by atoms with van der Waals surface area (Å²) in [4.78, 5) is 2.43. The van der Waals surface area contributed by atoms with Crippen LogP contribution in [0.4, 0.5) is 0 Å². The molecule has 1 fully saturated rings. The molecule has 4 heterocycles. The van der Waals surface area contributed by atoms with Crippen LogP contribution in [0.5, 0.6) is 0 Å². The van der Waals surface area contributed by atoms with Gasteiger partial charge in [0.15, 0.2) is 5.65 Å². The minimum Gasteiger partial charge on any atom is -0.286 e. The molecule has 0 amide bonds. The summed E-state index contributed by atoms with van der Waals surface area (Å²) < 4.78 is 5.11. The van der Waals surface area contributed by atoms with Gasteiger partial charge >= 0.3 is 0 Å².